The maximum atomic E-state index is 4.18. The number of hydrogen-bond donors (Lipinski definition) is 1. The molecule has 1 heterocycles. The number of nitrogens with zero attached hydrogens (tertiary/aromatic N) is 1. The molecule has 0 aliphatic heterocycles. The number of nitrogens with one attached hydrogen (secondary N) is 1. The number of aromatic nitrogens is 2. The Morgan fingerprint density at radius 2 is 2.08 bits per heavy atom. The molecule has 1 aromatic heterocycles. The Kier molecular flexibility index (Phi) is 2.78. The second kappa shape index (κ2) is 4.24. The van der Waals surface area contributed by atoms with E-state index in [0.717, 1.165) is 4.42 Å². The Hall–Kier alpha value is -1.08. The quantitative estimate of drug-likeness (QED) is 0.799. The topological polar surface area (TPSA) is 28.7 Å². The monoisotopic (exact) mass is 259 g/mol. The Labute approximate surface area is 84.1 Å². The van der Waals surface area contributed by atoms with Gasteiger partial charge in [0.25, 0.3) is 0 Å². The molecule has 0 saturated carbocycles. The van der Waals surface area contributed by atoms with Crippen molar-refractivity contribution in [3.05, 3.63) is 48.3 Å². The number of H-pyrrole nitrogens is 1. The van der Waals surface area contributed by atoms with Crippen LogP contribution in [-0.2, 0) is 16.7 Å². The van der Waals surface area contributed by atoms with Crippen LogP contribution in [0.25, 0.3) is 0 Å². The molecule has 0 aliphatic rings. The molecule has 2 nitrogen and oxygen atoms in total. The molecule has 2 aromatic rings. The zero-order valence-corrected chi connectivity index (χ0v) is 8.66. The molecule has 3 heteroatoms. The summed E-state index contributed by atoms with van der Waals surface area (Å²) in [6.07, 6.45) is 3.66. The van der Waals surface area contributed by atoms with Crippen LogP contribution < -0.4 is 4.42 Å². The van der Waals surface area contributed by atoms with E-state index < -0.39 is 0 Å². The third kappa shape index (κ3) is 2.43. The van der Waals surface area contributed by atoms with Crippen molar-refractivity contribution in [1.82, 2.24) is 9.97 Å². The summed E-state index contributed by atoms with van der Waals surface area (Å²) in [5.41, 5.74) is 1.28. The SMILES string of the molecule is [CH](=[Ru][c]1ncc[nH]1)c1ccccc1. The van der Waals surface area contributed by atoms with Crippen LogP contribution in [0.3, 0.4) is 0 Å². The van der Waals surface area contributed by atoms with Crippen molar-refractivity contribution in [2.75, 3.05) is 0 Å². The van der Waals surface area contributed by atoms with E-state index in [4.69, 9.17) is 0 Å². The summed E-state index contributed by atoms with van der Waals surface area (Å²) < 4.78 is 3.34. The van der Waals surface area contributed by atoms with Gasteiger partial charge < -0.3 is 0 Å². The van der Waals surface area contributed by atoms with Gasteiger partial charge in [-0.05, 0) is 0 Å². The van der Waals surface area contributed by atoms with Gasteiger partial charge in [0, 0.05) is 0 Å². The van der Waals surface area contributed by atoms with Crippen LogP contribution >= 0.6 is 0 Å². The predicted molar refractivity (Wildman–Crippen MR) is 49.8 cm³/mol. The summed E-state index contributed by atoms with van der Waals surface area (Å²) in [6, 6.07) is 10.3. The van der Waals surface area contributed by atoms with E-state index in [0.29, 0.717) is 0 Å². The van der Waals surface area contributed by atoms with Gasteiger partial charge >= 0.3 is 84.0 Å². The molecule has 13 heavy (non-hydrogen) atoms. The first-order valence-electron chi connectivity index (χ1n) is 3.93. The van der Waals surface area contributed by atoms with Crippen molar-refractivity contribution < 1.29 is 16.7 Å². The molecule has 0 spiro atoms. The van der Waals surface area contributed by atoms with Gasteiger partial charge in [-0.1, -0.05) is 0 Å². The number of rotatable bonds is 2. The molecule has 1 aromatic carbocycles. The van der Waals surface area contributed by atoms with Gasteiger partial charge in [0.05, 0.1) is 0 Å². The fraction of sp³-hybridized carbons (Fsp3) is 0. The van der Waals surface area contributed by atoms with Crippen LogP contribution in [0.2, 0.25) is 0 Å². The van der Waals surface area contributed by atoms with Crippen molar-refractivity contribution in [2.24, 2.45) is 0 Å². The van der Waals surface area contributed by atoms with Crippen LogP contribution in [0.4, 0.5) is 0 Å². The van der Waals surface area contributed by atoms with Gasteiger partial charge in [-0.3, -0.25) is 0 Å². The van der Waals surface area contributed by atoms with Gasteiger partial charge in [0.15, 0.2) is 0 Å². The summed E-state index contributed by atoms with van der Waals surface area (Å²) in [5, 5.41) is 0. The third-order valence-electron chi connectivity index (χ3n) is 1.52. The van der Waals surface area contributed by atoms with E-state index in [9.17, 15) is 0 Å². The first-order chi connectivity index (χ1) is 6.45. The van der Waals surface area contributed by atoms with Crippen LogP contribution in [0.1, 0.15) is 5.56 Å². The number of imidazole rings is 1. The summed E-state index contributed by atoms with van der Waals surface area (Å²) in [4.78, 5) is 7.29. The fourth-order valence-electron chi connectivity index (χ4n) is 0.926. The first-order valence-corrected chi connectivity index (χ1v) is 5.81. The molecule has 0 amide bonds. The van der Waals surface area contributed by atoms with Crippen LogP contribution in [0.15, 0.2) is 42.7 Å². The van der Waals surface area contributed by atoms with Crippen molar-refractivity contribution in [3.8, 4) is 0 Å². The number of aromatic amines is 1. The van der Waals surface area contributed by atoms with E-state index in [1.54, 1.807) is 6.20 Å². The van der Waals surface area contributed by atoms with Crippen LogP contribution in [0.5, 0.6) is 0 Å². The first kappa shape index (κ1) is 8.52. The molecule has 67 valence electrons. The van der Waals surface area contributed by atoms with Gasteiger partial charge in [0.1, 0.15) is 0 Å². The van der Waals surface area contributed by atoms with Gasteiger partial charge in [-0.15, -0.1) is 0 Å². The molecular weight excluding hydrogens is 249 g/mol. The van der Waals surface area contributed by atoms with Gasteiger partial charge in [-0.2, -0.15) is 0 Å². The molecule has 0 unspecified atom stereocenters. The van der Waals surface area contributed by atoms with Crippen LogP contribution in [0, 0.1) is 0 Å². The predicted octanol–water partition coefficient (Wildman–Crippen LogP) is 0.968. The van der Waals surface area contributed by atoms with Crippen molar-refractivity contribution in [3.63, 3.8) is 0 Å². The molecule has 0 radical (unpaired) electrons. The molecular formula is C10H9N2Ru. The third-order valence-corrected chi connectivity index (χ3v) is 3.30. The maximum absolute atomic E-state index is 4.18. The molecule has 1 N–H and O–H groups in total. The zero-order chi connectivity index (χ0) is 8.93. The van der Waals surface area contributed by atoms with Gasteiger partial charge in [0.2, 0.25) is 0 Å². The summed E-state index contributed by atoms with van der Waals surface area (Å²) in [5.74, 6) is 0. The van der Waals surface area contributed by atoms with E-state index in [2.05, 4.69) is 38.8 Å². The molecule has 0 aliphatic carbocycles. The summed E-state index contributed by atoms with van der Waals surface area (Å²) in [7, 11) is 0. The normalized spacial score (nSPS) is 11.4. The van der Waals surface area contributed by atoms with Gasteiger partial charge in [-0.25, -0.2) is 0 Å². The average Bonchev–Trinajstić information content (AvgIpc) is 2.69. The summed E-state index contributed by atoms with van der Waals surface area (Å²) in [6.45, 7) is 0. The number of hydrogen-bond acceptors (Lipinski definition) is 1. The molecule has 0 bridgehead atoms. The molecule has 0 fully saturated rings. The minimum absolute atomic E-state index is 0.0693. The second-order valence-corrected chi connectivity index (χ2v) is 4.31. The second-order valence-electron chi connectivity index (χ2n) is 2.48. The standard InChI is InChI=1S/C7H6.C3H3N2.Ru/c1-7-5-3-2-4-6-7;1-2-5-3-4-1;/h1-6H;1-2H,(H,4,5);. The Morgan fingerprint density at radius 3 is 2.77 bits per heavy atom. The van der Waals surface area contributed by atoms with Crippen molar-refractivity contribution >= 4 is 9.03 Å². The Morgan fingerprint density at radius 1 is 1.23 bits per heavy atom. The van der Waals surface area contributed by atoms with E-state index in [1.807, 2.05) is 12.3 Å². The number of benzene rings is 1. The molecule has 0 saturated heterocycles. The average molecular weight is 258 g/mol. The molecule has 0 atom stereocenters. The molecule has 2 rings (SSSR count). The Balaban J connectivity index is 2.15. The fourth-order valence-corrected chi connectivity index (χ4v) is 2.34. The minimum atomic E-state index is 0.0693. The van der Waals surface area contributed by atoms with Crippen LogP contribution in [-0.4, -0.2) is 14.6 Å². The van der Waals surface area contributed by atoms with Crippen molar-refractivity contribution in [2.45, 2.75) is 0 Å². The Bertz CT molecular complexity index is 379. The van der Waals surface area contributed by atoms with Crippen molar-refractivity contribution in [1.29, 1.82) is 0 Å². The van der Waals surface area contributed by atoms with E-state index in [1.165, 1.54) is 5.56 Å². The van der Waals surface area contributed by atoms with E-state index in [-0.39, 0.29) is 16.7 Å². The van der Waals surface area contributed by atoms with E-state index >= 15 is 0 Å². The zero-order valence-electron chi connectivity index (χ0n) is 6.92. The summed E-state index contributed by atoms with van der Waals surface area (Å²) >= 11 is 0.0693.